The van der Waals surface area contributed by atoms with Crippen molar-refractivity contribution >= 4 is 33.2 Å². The quantitative estimate of drug-likeness (QED) is 0.882. The van der Waals surface area contributed by atoms with Gasteiger partial charge >= 0.3 is 0 Å². The van der Waals surface area contributed by atoms with Crippen LogP contribution in [0.1, 0.15) is 15.9 Å². The van der Waals surface area contributed by atoms with E-state index in [9.17, 15) is 9.18 Å². The summed E-state index contributed by atoms with van der Waals surface area (Å²) in [6.07, 6.45) is 0. The summed E-state index contributed by atoms with van der Waals surface area (Å²) in [7, 11) is 1.63. The summed E-state index contributed by atoms with van der Waals surface area (Å²) in [6.45, 7) is 1.96. The summed E-state index contributed by atoms with van der Waals surface area (Å²) in [5.74, 6) is -0.806. The predicted molar refractivity (Wildman–Crippen MR) is 82.8 cm³/mol. The number of hydrogen-bond acceptors (Lipinski definition) is 2. The molecule has 0 saturated carbocycles. The minimum absolute atomic E-state index is 0.272. The van der Waals surface area contributed by atoms with Crippen LogP contribution in [-0.4, -0.2) is 13.0 Å². The summed E-state index contributed by atoms with van der Waals surface area (Å²) in [6, 6.07) is 9.92. The van der Waals surface area contributed by atoms with E-state index in [1.807, 2.05) is 19.1 Å². The third kappa shape index (κ3) is 3.17. The van der Waals surface area contributed by atoms with E-state index in [0.717, 1.165) is 10.0 Å². The molecule has 0 bridgehead atoms. The van der Waals surface area contributed by atoms with Crippen molar-refractivity contribution in [3.05, 3.63) is 57.8 Å². The van der Waals surface area contributed by atoms with E-state index in [2.05, 4.69) is 26.6 Å². The van der Waals surface area contributed by atoms with Crippen molar-refractivity contribution < 1.29 is 9.18 Å². The molecule has 0 atom stereocenters. The second-order valence-corrected chi connectivity index (χ2v) is 5.24. The van der Waals surface area contributed by atoms with E-state index < -0.39 is 5.82 Å². The lowest BCUT2D eigenvalue weighted by atomic mass is 10.1. The molecule has 0 spiro atoms. The van der Waals surface area contributed by atoms with Crippen molar-refractivity contribution in [3.8, 4) is 0 Å². The van der Waals surface area contributed by atoms with Crippen LogP contribution in [0.2, 0.25) is 0 Å². The molecule has 0 aromatic heterocycles. The number of hydrogen-bond donors (Lipinski definition) is 2. The van der Waals surface area contributed by atoms with Crippen molar-refractivity contribution in [1.29, 1.82) is 0 Å². The Labute approximate surface area is 125 Å². The lowest BCUT2D eigenvalue weighted by molar-refractivity contribution is 0.102. The van der Waals surface area contributed by atoms with Gasteiger partial charge in [-0.15, -0.1) is 0 Å². The summed E-state index contributed by atoms with van der Waals surface area (Å²) in [5, 5.41) is 5.46. The van der Waals surface area contributed by atoms with Crippen LogP contribution in [0.25, 0.3) is 0 Å². The first-order valence-electron chi connectivity index (χ1n) is 6.06. The van der Waals surface area contributed by atoms with Gasteiger partial charge < -0.3 is 10.6 Å². The number of nitrogens with one attached hydrogen (secondary N) is 2. The van der Waals surface area contributed by atoms with E-state index in [-0.39, 0.29) is 11.5 Å². The molecule has 0 unspecified atom stereocenters. The molecule has 0 aliphatic heterocycles. The van der Waals surface area contributed by atoms with Gasteiger partial charge in [0.25, 0.3) is 5.91 Å². The van der Waals surface area contributed by atoms with Gasteiger partial charge in [-0.3, -0.25) is 4.79 Å². The van der Waals surface area contributed by atoms with E-state index >= 15 is 0 Å². The highest BCUT2D eigenvalue weighted by Crippen LogP contribution is 2.24. The molecule has 2 aromatic rings. The molecule has 1 amide bonds. The highest BCUT2D eigenvalue weighted by Gasteiger charge is 2.11. The number of carbonyl (C=O) groups excluding carboxylic acids is 1. The highest BCUT2D eigenvalue weighted by molar-refractivity contribution is 9.10. The van der Waals surface area contributed by atoms with Gasteiger partial charge in [-0.25, -0.2) is 4.39 Å². The molecule has 3 nitrogen and oxygen atoms in total. The Balaban J connectivity index is 2.21. The first-order chi connectivity index (χ1) is 9.51. The fourth-order valence-electron chi connectivity index (χ4n) is 1.78. The minimum atomic E-state index is -0.455. The van der Waals surface area contributed by atoms with Gasteiger partial charge in [0.2, 0.25) is 0 Å². The second kappa shape index (κ2) is 6.05. The standard InChI is InChI=1S/C15H14BrFN2O/c1-9-3-5-13(11(16)7-9)19-15(20)10-4-6-14(18-2)12(17)8-10/h3-8,18H,1-2H3,(H,19,20). The third-order valence-electron chi connectivity index (χ3n) is 2.87. The molecule has 0 heterocycles. The number of benzene rings is 2. The Morgan fingerprint density at radius 1 is 1.15 bits per heavy atom. The predicted octanol–water partition coefficient (Wildman–Crippen LogP) is 4.19. The Morgan fingerprint density at radius 2 is 1.85 bits per heavy atom. The van der Waals surface area contributed by atoms with Gasteiger partial charge in [0.1, 0.15) is 5.82 Å². The van der Waals surface area contributed by atoms with E-state index in [0.29, 0.717) is 11.4 Å². The zero-order valence-electron chi connectivity index (χ0n) is 11.1. The summed E-state index contributed by atoms with van der Waals surface area (Å²) < 4.78 is 14.4. The van der Waals surface area contributed by atoms with E-state index in [1.54, 1.807) is 19.2 Å². The van der Waals surface area contributed by atoms with Crippen LogP contribution in [0.4, 0.5) is 15.8 Å². The molecule has 0 saturated heterocycles. The Morgan fingerprint density at radius 3 is 2.45 bits per heavy atom. The maximum atomic E-state index is 13.6. The molecule has 2 aromatic carbocycles. The van der Waals surface area contributed by atoms with Gasteiger partial charge in [-0.05, 0) is 58.7 Å². The fourth-order valence-corrected chi connectivity index (χ4v) is 2.37. The van der Waals surface area contributed by atoms with Crippen molar-refractivity contribution in [2.75, 3.05) is 17.7 Å². The Bertz CT molecular complexity index is 658. The molecule has 2 rings (SSSR count). The van der Waals surface area contributed by atoms with Crippen LogP contribution < -0.4 is 10.6 Å². The fraction of sp³-hybridized carbons (Fsp3) is 0.133. The number of halogens is 2. The molecule has 0 fully saturated rings. The van der Waals surface area contributed by atoms with Crippen molar-refractivity contribution in [3.63, 3.8) is 0 Å². The van der Waals surface area contributed by atoms with Crippen LogP contribution in [0.3, 0.4) is 0 Å². The maximum absolute atomic E-state index is 13.6. The van der Waals surface area contributed by atoms with E-state index in [4.69, 9.17) is 0 Å². The SMILES string of the molecule is CNc1ccc(C(=O)Nc2ccc(C)cc2Br)cc1F. The lowest BCUT2D eigenvalue weighted by Gasteiger charge is -2.09. The van der Waals surface area contributed by atoms with Gasteiger partial charge in [-0.1, -0.05) is 6.07 Å². The molecule has 0 radical (unpaired) electrons. The van der Waals surface area contributed by atoms with Crippen LogP contribution in [0.5, 0.6) is 0 Å². The van der Waals surface area contributed by atoms with Crippen LogP contribution in [0.15, 0.2) is 40.9 Å². The van der Waals surface area contributed by atoms with Crippen molar-refractivity contribution in [2.24, 2.45) is 0 Å². The summed E-state index contributed by atoms with van der Waals surface area (Å²) in [5.41, 5.74) is 2.37. The van der Waals surface area contributed by atoms with Crippen LogP contribution >= 0.6 is 15.9 Å². The van der Waals surface area contributed by atoms with Gasteiger partial charge in [0.15, 0.2) is 0 Å². The largest absolute Gasteiger partial charge is 0.386 e. The molecule has 0 aliphatic rings. The Hall–Kier alpha value is -1.88. The second-order valence-electron chi connectivity index (χ2n) is 4.38. The van der Waals surface area contributed by atoms with Crippen molar-refractivity contribution in [1.82, 2.24) is 0 Å². The number of aryl methyl sites for hydroxylation is 1. The van der Waals surface area contributed by atoms with E-state index in [1.165, 1.54) is 12.1 Å². The Kier molecular flexibility index (Phi) is 4.39. The molecule has 0 aliphatic carbocycles. The molecular weight excluding hydrogens is 323 g/mol. The number of anilines is 2. The number of carbonyl (C=O) groups is 1. The number of rotatable bonds is 3. The zero-order chi connectivity index (χ0) is 14.7. The number of amides is 1. The first-order valence-corrected chi connectivity index (χ1v) is 6.85. The highest BCUT2D eigenvalue weighted by atomic mass is 79.9. The smallest absolute Gasteiger partial charge is 0.255 e. The van der Waals surface area contributed by atoms with Crippen LogP contribution in [0, 0.1) is 12.7 Å². The average Bonchev–Trinajstić information content (AvgIpc) is 2.41. The monoisotopic (exact) mass is 336 g/mol. The zero-order valence-corrected chi connectivity index (χ0v) is 12.7. The molecule has 104 valence electrons. The van der Waals surface area contributed by atoms with Crippen molar-refractivity contribution in [2.45, 2.75) is 6.92 Å². The molecule has 5 heteroatoms. The third-order valence-corrected chi connectivity index (χ3v) is 3.53. The average molecular weight is 337 g/mol. The van der Waals surface area contributed by atoms with Gasteiger partial charge in [0, 0.05) is 17.1 Å². The molecule has 2 N–H and O–H groups in total. The topological polar surface area (TPSA) is 41.1 Å². The summed E-state index contributed by atoms with van der Waals surface area (Å²) >= 11 is 3.39. The molecular formula is C15H14BrFN2O. The first kappa shape index (κ1) is 14.5. The maximum Gasteiger partial charge on any atom is 0.255 e. The van der Waals surface area contributed by atoms with Crippen LogP contribution in [-0.2, 0) is 0 Å². The summed E-state index contributed by atoms with van der Waals surface area (Å²) in [4.78, 5) is 12.1. The molecule has 20 heavy (non-hydrogen) atoms. The van der Waals surface area contributed by atoms with Gasteiger partial charge in [-0.2, -0.15) is 0 Å². The minimum Gasteiger partial charge on any atom is -0.386 e. The normalized spacial score (nSPS) is 10.2. The van der Waals surface area contributed by atoms with Gasteiger partial charge in [0.05, 0.1) is 11.4 Å². The lowest BCUT2D eigenvalue weighted by Crippen LogP contribution is -2.13.